The lowest BCUT2D eigenvalue weighted by Crippen LogP contribution is -2.13. The van der Waals surface area contributed by atoms with Crippen LogP contribution in [0.4, 0.5) is 0 Å². The van der Waals surface area contributed by atoms with Gasteiger partial charge < -0.3 is 4.74 Å². The summed E-state index contributed by atoms with van der Waals surface area (Å²) in [6.45, 7) is 0. The number of ketones is 1. The van der Waals surface area contributed by atoms with E-state index < -0.39 is 0 Å². The molecule has 0 saturated heterocycles. The van der Waals surface area contributed by atoms with E-state index in [9.17, 15) is 4.79 Å². The maximum atomic E-state index is 11.4. The molecule has 0 amide bonds. The zero-order valence-electron chi connectivity index (χ0n) is 10.3. The molecule has 104 valence electrons. The molecule has 1 aromatic heterocycles. The van der Waals surface area contributed by atoms with Gasteiger partial charge in [-0.1, -0.05) is 23.2 Å². The van der Waals surface area contributed by atoms with Crippen molar-refractivity contribution in [2.24, 2.45) is 0 Å². The van der Waals surface area contributed by atoms with Gasteiger partial charge in [0, 0.05) is 18.2 Å². The summed E-state index contributed by atoms with van der Waals surface area (Å²) < 4.78 is 6.86. The first-order valence-corrected chi connectivity index (χ1v) is 8.00. The van der Waals surface area contributed by atoms with Gasteiger partial charge in [-0.2, -0.15) is 0 Å². The van der Waals surface area contributed by atoms with Gasteiger partial charge in [-0.05, 0) is 47.2 Å². The molecule has 1 atom stereocenters. The van der Waals surface area contributed by atoms with Crippen LogP contribution in [0.15, 0.2) is 18.2 Å². The minimum Gasteiger partial charge on any atom is -0.487 e. The first-order valence-electron chi connectivity index (χ1n) is 6.17. The maximum Gasteiger partial charge on any atom is 0.159 e. The molecule has 2 aromatic rings. The number of nitrogens with zero attached hydrogens (tertiary/aromatic N) is 1. The van der Waals surface area contributed by atoms with Gasteiger partial charge in [-0.25, -0.2) is 4.98 Å². The molecule has 1 aliphatic rings. The van der Waals surface area contributed by atoms with Crippen molar-refractivity contribution in [2.45, 2.75) is 25.4 Å². The van der Waals surface area contributed by atoms with Crippen LogP contribution >= 0.6 is 45.8 Å². The molecule has 1 saturated carbocycles. The fourth-order valence-electron chi connectivity index (χ4n) is 2.33. The number of hydrogen-bond acceptors (Lipinski definition) is 3. The highest BCUT2D eigenvalue weighted by atomic mass is 127. The van der Waals surface area contributed by atoms with Crippen molar-refractivity contribution in [3.8, 4) is 5.75 Å². The van der Waals surface area contributed by atoms with E-state index in [0.29, 0.717) is 34.3 Å². The normalized spacial score (nSPS) is 18.8. The Bertz CT molecular complexity index is 705. The van der Waals surface area contributed by atoms with Crippen molar-refractivity contribution in [2.75, 3.05) is 0 Å². The number of rotatable bonds is 2. The standard InChI is InChI=1S/C14H10Cl2INO2/c15-10-6-11(17)14(20-8-2-1-7(19)5-8)13-9(10)3-4-12(16)18-13/h3-4,6,8H,1-2,5H2. The van der Waals surface area contributed by atoms with E-state index in [2.05, 4.69) is 27.6 Å². The van der Waals surface area contributed by atoms with E-state index in [0.717, 1.165) is 15.4 Å². The van der Waals surface area contributed by atoms with Crippen LogP contribution in [0.3, 0.4) is 0 Å². The first kappa shape index (κ1) is 14.4. The summed E-state index contributed by atoms with van der Waals surface area (Å²) >= 11 is 14.4. The number of pyridine rings is 1. The minimum absolute atomic E-state index is 0.0822. The molecule has 0 spiro atoms. The average molecular weight is 422 g/mol. The largest absolute Gasteiger partial charge is 0.487 e. The summed E-state index contributed by atoms with van der Waals surface area (Å²) in [7, 11) is 0. The Balaban J connectivity index is 2.09. The van der Waals surface area contributed by atoms with Crippen LogP contribution in [0.2, 0.25) is 10.2 Å². The highest BCUT2D eigenvalue weighted by Gasteiger charge is 2.25. The molecule has 1 aromatic carbocycles. The highest BCUT2D eigenvalue weighted by Crippen LogP contribution is 2.37. The van der Waals surface area contributed by atoms with Gasteiger partial charge >= 0.3 is 0 Å². The number of fused-ring (bicyclic) bond motifs is 1. The predicted molar refractivity (Wildman–Crippen MR) is 87.8 cm³/mol. The third-order valence-electron chi connectivity index (χ3n) is 3.29. The molecule has 0 bridgehead atoms. The van der Waals surface area contributed by atoms with Crippen molar-refractivity contribution in [1.29, 1.82) is 0 Å². The Morgan fingerprint density at radius 1 is 1.35 bits per heavy atom. The molecule has 1 fully saturated rings. The van der Waals surface area contributed by atoms with Crippen molar-refractivity contribution in [3.63, 3.8) is 0 Å². The third kappa shape index (κ3) is 2.73. The Kier molecular flexibility index (Phi) is 4.06. The fourth-order valence-corrected chi connectivity index (χ4v) is 3.62. The second-order valence-corrected chi connectivity index (χ2v) is 6.68. The zero-order valence-corrected chi connectivity index (χ0v) is 14.0. The van der Waals surface area contributed by atoms with Crippen LogP contribution in [-0.4, -0.2) is 16.9 Å². The van der Waals surface area contributed by atoms with E-state index in [4.69, 9.17) is 27.9 Å². The van der Waals surface area contributed by atoms with E-state index >= 15 is 0 Å². The molecular formula is C14H10Cl2INO2. The van der Waals surface area contributed by atoms with Crippen LogP contribution in [0.1, 0.15) is 19.3 Å². The number of Topliss-reactive ketones (excluding diaryl/α,β-unsaturated/α-hetero) is 1. The summed E-state index contributed by atoms with van der Waals surface area (Å²) in [6, 6.07) is 5.37. The van der Waals surface area contributed by atoms with Crippen molar-refractivity contribution < 1.29 is 9.53 Å². The van der Waals surface area contributed by atoms with Gasteiger partial charge in [-0.15, -0.1) is 0 Å². The topological polar surface area (TPSA) is 39.2 Å². The molecule has 20 heavy (non-hydrogen) atoms. The zero-order chi connectivity index (χ0) is 14.3. The quantitative estimate of drug-likeness (QED) is 0.523. The summed E-state index contributed by atoms with van der Waals surface area (Å²) in [5.41, 5.74) is 0.647. The van der Waals surface area contributed by atoms with Gasteiger partial charge in [0.25, 0.3) is 0 Å². The number of hydrogen-bond donors (Lipinski definition) is 0. The molecule has 1 heterocycles. The van der Waals surface area contributed by atoms with Crippen LogP contribution in [0, 0.1) is 3.57 Å². The molecule has 1 unspecified atom stereocenters. The number of carbonyl (C=O) groups is 1. The van der Waals surface area contributed by atoms with Crippen LogP contribution in [0.25, 0.3) is 10.9 Å². The van der Waals surface area contributed by atoms with Crippen LogP contribution in [-0.2, 0) is 4.79 Å². The number of aromatic nitrogens is 1. The number of halogens is 3. The smallest absolute Gasteiger partial charge is 0.159 e. The maximum absolute atomic E-state index is 11.4. The second kappa shape index (κ2) is 5.66. The predicted octanol–water partition coefficient (Wildman–Crippen LogP) is 4.65. The second-order valence-electron chi connectivity index (χ2n) is 4.72. The highest BCUT2D eigenvalue weighted by molar-refractivity contribution is 14.1. The van der Waals surface area contributed by atoms with Gasteiger partial charge in [0.15, 0.2) is 5.75 Å². The lowest BCUT2D eigenvalue weighted by molar-refractivity contribution is -0.117. The van der Waals surface area contributed by atoms with Crippen LogP contribution < -0.4 is 4.74 Å². The summed E-state index contributed by atoms with van der Waals surface area (Å²) in [5.74, 6) is 0.904. The molecule has 0 aliphatic heterocycles. The Hall–Kier alpha value is -0.590. The third-order valence-corrected chi connectivity index (χ3v) is 4.61. The van der Waals surface area contributed by atoms with Crippen LogP contribution in [0.5, 0.6) is 5.75 Å². The lowest BCUT2D eigenvalue weighted by Gasteiger charge is -2.16. The van der Waals surface area contributed by atoms with Gasteiger partial charge in [0.2, 0.25) is 0 Å². The Labute approximate surface area is 139 Å². The summed E-state index contributed by atoms with van der Waals surface area (Å²) in [5, 5.41) is 1.81. The van der Waals surface area contributed by atoms with Gasteiger partial charge in [0.1, 0.15) is 22.6 Å². The number of carbonyl (C=O) groups excluding carboxylic acids is 1. The number of ether oxygens (including phenoxy) is 1. The molecule has 1 aliphatic carbocycles. The van der Waals surface area contributed by atoms with Crippen molar-refractivity contribution in [3.05, 3.63) is 31.9 Å². The first-order chi connectivity index (χ1) is 9.54. The monoisotopic (exact) mass is 421 g/mol. The lowest BCUT2D eigenvalue weighted by atomic mass is 10.2. The molecule has 6 heteroatoms. The SMILES string of the molecule is O=C1CCC(Oc2c(I)cc(Cl)c3ccc(Cl)nc23)C1. The molecule has 0 radical (unpaired) electrons. The number of benzene rings is 1. The Morgan fingerprint density at radius 3 is 2.85 bits per heavy atom. The van der Waals surface area contributed by atoms with E-state index in [1.54, 1.807) is 6.07 Å². The van der Waals surface area contributed by atoms with E-state index in [-0.39, 0.29) is 11.9 Å². The minimum atomic E-state index is -0.0822. The molecule has 3 nitrogen and oxygen atoms in total. The molecule has 0 N–H and O–H groups in total. The molecule has 3 rings (SSSR count). The van der Waals surface area contributed by atoms with E-state index in [1.807, 2.05) is 12.1 Å². The summed E-state index contributed by atoms with van der Waals surface area (Å²) in [4.78, 5) is 15.7. The average Bonchev–Trinajstić information content (AvgIpc) is 2.80. The van der Waals surface area contributed by atoms with Gasteiger partial charge in [-0.3, -0.25) is 4.79 Å². The van der Waals surface area contributed by atoms with Crippen molar-refractivity contribution in [1.82, 2.24) is 4.98 Å². The fraction of sp³-hybridized carbons (Fsp3) is 0.286. The summed E-state index contributed by atoms with van der Waals surface area (Å²) in [6.07, 6.45) is 1.71. The van der Waals surface area contributed by atoms with E-state index in [1.165, 1.54) is 0 Å². The molecular weight excluding hydrogens is 412 g/mol. The van der Waals surface area contributed by atoms with Gasteiger partial charge in [0.05, 0.1) is 8.59 Å². The Morgan fingerprint density at radius 2 is 2.15 bits per heavy atom. The van der Waals surface area contributed by atoms with Crippen molar-refractivity contribution >= 4 is 62.5 Å².